The summed E-state index contributed by atoms with van der Waals surface area (Å²) in [6.07, 6.45) is 0. The largest absolute Gasteiger partial charge is 0.475 e. The van der Waals surface area contributed by atoms with E-state index in [1.807, 2.05) is 0 Å². The Morgan fingerprint density at radius 1 is 1.41 bits per heavy atom. The van der Waals surface area contributed by atoms with Crippen LogP contribution in [0.2, 0.25) is 0 Å². The zero-order valence-electron chi connectivity index (χ0n) is 8.48. The van der Waals surface area contributed by atoms with Gasteiger partial charge >= 0.3 is 0 Å². The summed E-state index contributed by atoms with van der Waals surface area (Å²) in [5.41, 5.74) is 1.53. The molecule has 2 N–H and O–H groups in total. The smallest absolute Gasteiger partial charge is 0.271 e. The first-order valence-electron chi connectivity index (χ1n) is 4.71. The van der Waals surface area contributed by atoms with E-state index in [-0.39, 0.29) is 18.1 Å². The molecule has 0 saturated carbocycles. The minimum Gasteiger partial charge on any atom is -0.475 e. The van der Waals surface area contributed by atoms with Crippen molar-refractivity contribution in [3.05, 3.63) is 35.4 Å². The summed E-state index contributed by atoms with van der Waals surface area (Å²) in [6, 6.07) is 1.89. The SMILES string of the molecule is O=C(NO)[C@H]1COC(c2cc(F)cc(F)c2)=N1. The molecule has 0 spiro atoms. The predicted molar refractivity (Wildman–Crippen MR) is 52.6 cm³/mol. The second-order valence-electron chi connectivity index (χ2n) is 3.40. The summed E-state index contributed by atoms with van der Waals surface area (Å²) in [5.74, 6) is -2.29. The van der Waals surface area contributed by atoms with Crippen molar-refractivity contribution in [3.8, 4) is 0 Å². The monoisotopic (exact) mass is 242 g/mol. The molecule has 0 saturated heterocycles. The first-order chi connectivity index (χ1) is 8.10. The number of benzene rings is 1. The Labute approximate surface area is 94.7 Å². The molecule has 0 bridgehead atoms. The van der Waals surface area contributed by atoms with Crippen LogP contribution in [0, 0.1) is 11.6 Å². The van der Waals surface area contributed by atoms with E-state index in [9.17, 15) is 13.6 Å². The first-order valence-corrected chi connectivity index (χ1v) is 4.71. The van der Waals surface area contributed by atoms with Gasteiger partial charge in [-0.15, -0.1) is 0 Å². The van der Waals surface area contributed by atoms with Gasteiger partial charge in [0.05, 0.1) is 0 Å². The lowest BCUT2D eigenvalue weighted by Gasteiger charge is -2.01. The van der Waals surface area contributed by atoms with Gasteiger partial charge in [0, 0.05) is 11.6 Å². The number of aliphatic imine (C=N–C) groups is 1. The molecule has 0 unspecified atom stereocenters. The normalized spacial score (nSPS) is 18.5. The Hall–Kier alpha value is -2.02. The molecule has 17 heavy (non-hydrogen) atoms. The molecule has 1 aliphatic heterocycles. The molecule has 1 aromatic carbocycles. The Morgan fingerprint density at radius 2 is 2.06 bits per heavy atom. The zero-order valence-corrected chi connectivity index (χ0v) is 8.48. The highest BCUT2D eigenvalue weighted by molar-refractivity contribution is 5.98. The summed E-state index contributed by atoms with van der Waals surface area (Å²) < 4.78 is 30.9. The van der Waals surface area contributed by atoms with Crippen LogP contribution in [-0.4, -0.2) is 29.7 Å². The van der Waals surface area contributed by atoms with E-state index in [1.165, 1.54) is 5.48 Å². The molecule has 1 atom stereocenters. The zero-order chi connectivity index (χ0) is 12.4. The van der Waals surface area contributed by atoms with Crippen LogP contribution < -0.4 is 5.48 Å². The van der Waals surface area contributed by atoms with Crippen LogP contribution in [0.25, 0.3) is 0 Å². The van der Waals surface area contributed by atoms with Gasteiger partial charge in [0.25, 0.3) is 5.91 Å². The van der Waals surface area contributed by atoms with Crippen molar-refractivity contribution in [2.75, 3.05) is 6.61 Å². The Kier molecular flexibility index (Phi) is 3.01. The van der Waals surface area contributed by atoms with Crippen LogP contribution in [-0.2, 0) is 9.53 Å². The number of ether oxygens (including phenoxy) is 1. The molecule has 1 heterocycles. The van der Waals surface area contributed by atoms with Gasteiger partial charge in [-0.05, 0) is 12.1 Å². The minimum atomic E-state index is -0.915. The third-order valence-corrected chi connectivity index (χ3v) is 2.17. The predicted octanol–water partition coefficient (Wildman–Crippen LogP) is 0.616. The average molecular weight is 242 g/mol. The van der Waals surface area contributed by atoms with E-state index >= 15 is 0 Å². The van der Waals surface area contributed by atoms with Crippen molar-refractivity contribution in [2.24, 2.45) is 4.99 Å². The standard InChI is InChI=1S/C10H8F2N2O3/c11-6-1-5(2-7(12)3-6)10-13-8(4-17-10)9(15)14-16/h1-3,8,16H,4H2,(H,14,15)/t8-/m1/s1. The van der Waals surface area contributed by atoms with E-state index in [4.69, 9.17) is 9.94 Å². The molecule has 0 radical (unpaired) electrons. The summed E-state index contributed by atoms with van der Waals surface area (Å²) >= 11 is 0. The summed E-state index contributed by atoms with van der Waals surface area (Å²) in [5, 5.41) is 8.40. The van der Waals surface area contributed by atoms with E-state index in [1.54, 1.807) is 0 Å². The van der Waals surface area contributed by atoms with Crippen LogP contribution in [0.5, 0.6) is 0 Å². The maximum Gasteiger partial charge on any atom is 0.271 e. The van der Waals surface area contributed by atoms with E-state index in [2.05, 4.69) is 4.99 Å². The second kappa shape index (κ2) is 4.46. The van der Waals surface area contributed by atoms with Crippen molar-refractivity contribution in [3.63, 3.8) is 0 Å². The fourth-order valence-corrected chi connectivity index (χ4v) is 1.42. The van der Waals surface area contributed by atoms with Crippen LogP contribution >= 0.6 is 0 Å². The highest BCUT2D eigenvalue weighted by atomic mass is 19.1. The van der Waals surface area contributed by atoms with Gasteiger partial charge in [-0.1, -0.05) is 0 Å². The van der Waals surface area contributed by atoms with Gasteiger partial charge in [0.1, 0.15) is 18.2 Å². The number of hydrogen-bond acceptors (Lipinski definition) is 4. The molecular weight excluding hydrogens is 234 g/mol. The molecule has 1 aromatic rings. The number of carbonyl (C=O) groups excluding carboxylic acids is 1. The quantitative estimate of drug-likeness (QED) is 0.589. The number of hydrogen-bond donors (Lipinski definition) is 2. The van der Waals surface area contributed by atoms with Crippen LogP contribution in [0.15, 0.2) is 23.2 Å². The highest BCUT2D eigenvalue weighted by Crippen LogP contribution is 2.15. The third-order valence-electron chi connectivity index (χ3n) is 2.17. The fraction of sp³-hybridized carbons (Fsp3) is 0.200. The molecule has 7 heteroatoms. The summed E-state index contributed by atoms with van der Waals surface area (Å²) in [6.45, 7) is -0.0835. The summed E-state index contributed by atoms with van der Waals surface area (Å²) in [4.78, 5) is 14.8. The van der Waals surface area contributed by atoms with Gasteiger partial charge in [-0.3, -0.25) is 10.0 Å². The van der Waals surface area contributed by atoms with E-state index in [0.29, 0.717) is 0 Å². The van der Waals surface area contributed by atoms with E-state index in [0.717, 1.165) is 18.2 Å². The summed E-state index contributed by atoms with van der Waals surface area (Å²) in [7, 11) is 0. The van der Waals surface area contributed by atoms with Crippen molar-refractivity contribution in [2.45, 2.75) is 6.04 Å². The van der Waals surface area contributed by atoms with Crippen LogP contribution in [0.4, 0.5) is 8.78 Å². The Balaban J connectivity index is 2.26. The lowest BCUT2D eigenvalue weighted by Crippen LogP contribution is -2.31. The van der Waals surface area contributed by atoms with Gasteiger partial charge in [-0.2, -0.15) is 0 Å². The molecule has 2 rings (SSSR count). The van der Waals surface area contributed by atoms with Crippen molar-refractivity contribution >= 4 is 11.8 Å². The second-order valence-corrected chi connectivity index (χ2v) is 3.40. The number of rotatable bonds is 2. The van der Waals surface area contributed by atoms with Gasteiger partial charge in [-0.25, -0.2) is 19.3 Å². The molecule has 0 fully saturated rings. The third kappa shape index (κ3) is 2.39. The topological polar surface area (TPSA) is 70.9 Å². The maximum absolute atomic E-state index is 12.9. The highest BCUT2D eigenvalue weighted by Gasteiger charge is 2.26. The molecular formula is C10H8F2N2O3. The van der Waals surface area contributed by atoms with Crippen LogP contribution in [0.1, 0.15) is 5.56 Å². The maximum atomic E-state index is 12.9. The molecule has 1 aliphatic rings. The number of amides is 1. The molecule has 0 aliphatic carbocycles. The number of nitrogens with one attached hydrogen (secondary N) is 1. The van der Waals surface area contributed by atoms with Crippen molar-refractivity contribution in [1.29, 1.82) is 0 Å². The van der Waals surface area contributed by atoms with Gasteiger partial charge < -0.3 is 4.74 Å². The molecule has 1 amide bonds. The number of halogens is 2. The fourth-order valence-electron chi connectivity index (χ4n) is 1.42. The molecule has 90 valence electrons. The van der Waals surface area contributed by atoms with Gasteiger partial charge in [0.2, 0.25) is 5.90 Å². The van der Waals surface area contributed by atoms with Crippen molar-refractivity contribution in [1.82, 2.24) is 5.48 Å². The Morgan fingerprint density at radius 3 is 2.65 bits per heavy atom. The average Bonchev–Trinajstić information content (AvgIpc) is 2.76. The number of carbonyl (C=O) groups is 1. The lowest BCUT2D eigenvalue weighted by molar-refractivity contribution is -0.130. The molecule has 5 nitrogen and oxygen atoms in total. The minimum absolute atomic E-state index is 0.0306. The molecule has 0 aromatic heterocycles. The lowest BCUT2D eigenvalue weighted by atomic mass is 10.2. The van der Waals surface area contributed by atoms with Crippen LogP contribution in [0.3, 0.4) is 0 Å². The number of hydroxylamine groups is 1. The van der Waals surface area contributed by atoms with E-state index < -0.39 is 23.6 Å². The Bertz CT molecular complexity index is 470. The van der Waals surface area contributed by atoms with Gasteiger partial charge in [0.15, 0.2) is 6.04 Å². The number of nitrogens with zero attached hydrogens (tertiary/aromatic N) is 1. The first kappa shape index (κ1) is 11.5. The van der Waals surface area contributed by atoms with Crippen molar-refractivity contribution < 1.29 is 23.5 Å².